The molecule has 1 N–H and O–H groups in total. The zero-order valence-electron chi connectivity index (χ0n) is 18.4. The summed E-state index contributed by atoms with van der Waals surface area (Å²) in [5.74, 6) is 1.19. The van der Waals surface area contributed by atoms with E-state index < -0.39 is 6.04 Å². The van der Waals surface area contributed by atoms with Gasteiger partial charge in [0.2, 0.25) is 5.91 Å². The van der Waals surface area contributed by atoms with E-state index in [1.54, 1.807) is 26.4 Å². The zero-order valence-corrected chi connectivity index (χ0v) is 18.4. The van der Waals surface area contributed by atoms with Crippen molar-refractivity contribution in [1.29, 1.82) is 0 Å². The maximum Gasteiger partial charge on any atom is 0.258 e. The number of amides is 2. The van der Waals surface area contributed by atoms with Gasteiger partial charge in [0.1, 0.15) is 17.5 Å². The smallest absolute Gasteiger partial charge is 0.258 e. The molecular formula is C25H30N2O4. The Morgan fingerprint density at radius 1 is 1.00 bits per heavy atom. The summed E-state index contributed by atoms with van der Waals surface area (Å²) in [6.45, 7) is 1.97. The van der Waals surface area contributed by atoms with E-state index in [2.05, 4.69) is 5.32 Å². The molecule has 1 aliphatic carbocycles. The van der Waals surface area contributed by atoms with Crippen molar-refractivity contribution in [3.05, 3.63) is 53.6 Å². The Hall–Kier alpha value is -3.02. The summed E-state index contributed by atoms with van der Waals surface area (Å²) in [6, 6.07) is 12.5. The van der Waals surface area contributed by atoms with Crippen molar-refractivity contribution in [3.63, 3.8) is 0 Å². The van der Waals surface area contributed by atoms with Crippen molar-refractivity contribution < 1.29 is 19.1 Å². The van der Waals surface area contributed by atoms with Crippen molar-refractivity contribution in [3.8, 4) is 11.5 Å². The van der Waals surface area contributed by atoms with Crippen molar-refractivity contribution in [2.45, 2.75) is 51.1 Å². The van der Waals surface area contributed by atoms with Crippen LogP contribution in [0.25, 0.3) is 0 Å². The van der Waals surface area contributed by atoms with Crippen molar-refractivity contribution >= 4 is 17.5 Å². The Bertz CT molecular complexity index is 974. The van der Waals surface area contributed by atoms with Crippen LogP contribution in [0.3, 0.4) is 0 Å². The lowest BCUT2D eigenvalue weighted by Gasteiger charge is -2.34. The molecule has 164 valence electrons. The van der Waals surface area contributed by atoms with Gasteiger partial charge in [-0.05, 0) is 61.9 Å². The summed E-state index contributed by atoms with van der Waals surface area (Å²) in [4.78, 5) is 28.9. The summed E-state index contributed by atoms with van der Waals surface area (Å²) >= 11 is 0. The summed E-state index contributed by atoms with van der Waals surface area (Å²) in [7, 11) is 3.15. The first-order valence-corrected chi connectivity index (χ1v) is 10.9. The lowest BCUT2D eigenvalue weighted by molar-refractivity contribution is -0.120. The van der Waals surface area contributed by atoms with E-state index in [0.717, 1.165) is 31.2 Å². The lowest BCUT2D eigenvalue weighted by atomic mass is 9.84. The van der Waals surface area contributed by atoms with Gasteiger partial charge in [0, 0.05) is 6.04 Å². The Morgan fingerprint density at radius 2 is 1.74 bits per heavy atom. The fourth-order valence-corrected chi connectivity index (χ4v) is 5.08. The Labute approximate surface area is 183 Å². The van der Waals surface area contributed by atoms with Gasteiger partial charge in [-0.1, -0.05) is 31.0 Å². The molecule has 1 saturated heterocycles. The second-order valence-electron chi connectivity index (χ2n) is 8.47. The average molecular weight is 423 g/mol. The van der Waals surface area contributed by atoms with Crippen LogP contribution in [0.15, 0.2) is 42.5 Å². The Morgan fingerprint density at radius 3 is 2.52 bits per heavy atom. The summed E-state index contributed by atoms with van der Waals surface area (Å²) < 4.78 is 10.9. The molecule has 1 aliphatic heterocycles. The zero-order chi connectivity index (χ0) is 22.0. The Kier molecular flexibility index (Phi) is 6.16. The van der Waals surface area contributed by atoms with E-state index in [-0.39, 0.29) is 17.9 Å². The van der Waals surface area contributed by atoms with Crippen LogP contribution < -0.4 is 14.8 Å². The highest BCUT2D eigenvalue weighted by Crippen LogP contribution is 2.41. The molecule has 2 aliphatic rings. The molecule has 6 nitrogen and oxygen atoms in total. The number of benzene rings is 2. The molecule has 2 aromatic carbocycles. The molecule has 0 aromatic heterocycles. The second kappa shape index (κ2) is 9.00. The van der Waals surface area contributed by atoms with Gasteiger partial charge >= 0.3 is 0 Å². The minimum Gasteiger partial charge on any atom is -0.496 e. The van der Waals surface area contributed by atoms with Crippen LogP contribution in [0.2, 0.25) is 0 Å². The molecule has 0 radical (unpaired) electrons. The number of nitrogens with zero attached hydrogens (tertiary/aromatic N) is 1. The van der Waals surface area contributed by atoms with E-state index in [9.17, 15) is 9.59 Å². The third-order valence-electron chi connectivity index (χ3n) is 6.58. The standard InChI is InChI=1S/C25H30N2O4/c1-16-12-13-23(31-3)19(14-16)26-24(28)21-15-17-8-4-6-10-20(17)27(21)25(29)18-9-5-7-11-22(18)30-2/h5,7,9,11-14,17,20-21H,4,6,8,10,15H2,1-3H3,(H,26,28). The molecule has 1 saturated carbocycles. The van der Waals surface area contributed by atoms with E-state index in [1.807, 2.05) is 42.2 Å². The molecule has 0 spiro atoms. The van der Waals surface area contributed by atoms with Gasteiger partial charge in [0.15, 0.2) is 0 Å². The van der Waals surface area contributed by atoms with Crippen molar-refractivity contribution in [2.75, 3.05) is 19.5 Å². The van der Waals surface area contributed by atoms with E-state index in [0.29, 0.717) is 35.1 Å². The number of anilines is 1. The molecule has 2 fully saturated rings. The minimum absolute atomic E-state index is 0.0846. The molecule has 31 heavy (non-hydrogen) atoms. The maximum atomic E-state index is 13.7. The maximum absolute atomic E-state index is 13.7. The van der Waals surface area contributed by atoms with Gasteiger partial charge in [-0.15, -0.1) is 0 Å². The number of ether oxygens (including phenoxy) is 2. The highest BCUT2D eigenvalue weighted by atomic mass is 16.5. The minimum atomic E-state index is -0.518. The predicted octanol–water partition coefficient (Wildman–Crippen LogP) is 4.42. The van der Waals surface area contributed by atoms with Crippen LogP contribution in [-0.2, 0) is 4.79 Å². The SMILES string of the molecule is COc1ccc(C)cc1NC(=O)C1CC2CCCCC2N1C(=O)c1ccccc1OC. The molecule has 1 heterocycles. The lowest BCUT2D eigenvalue weighted by Crippen LogP contribution is -2.48. The van der Waals surface area contributed by atoms with Crippen LogP contribution in [0.5, 0.6) is 11.5 Å². The topological polar surface area (TPSA) is 67.9 Å². The van der Waals surface area contributed by atoms with E-state index in [1.165, 1.54) is 0 Å². The first-order valence-electron chi connectivity index (χ1n) is 10.9. The number of para-hydroxylation sites is 1. The number of fused-ring (bicyclic) bond motifs is 1. The number of rotatable bonds is 5. The quantitative estimate of drug-likeness (QED) is 0.774. The highest BCUT2D eigenvalue weighted by Gasteiger charge is 2.48. The molecule has 6 heteroatoms. The molecule has 0 bridgehead atoms. The van der Waals surface area contributed by atoms with Crippen molar-refractivity contribution in [2.24, 2.45) is 5.92 Å². The van der Waals surface area contributed by atoms with Crippen LogP contribution in [0.4, 0.5) is 5.69 Å². The van der Waals surface area contributed by atoms with Crippen molar-refractivity contribution in [1.82, 2.24) is 4.90 Å². The third kappa shape index (κ3) is 4.11. The number of methoxy groups -OCH3 is 2. The molecule has 2 amide bonds. The van der Waals surface area contributed by atoms with Gasteiger partial charge in [0.05, 0.1) is 25.5 Å². The van der Waals surface area contributed by atoms with Crippen LogP contribution in [0, 0.1) is 12.8 Å². The van der Waals surface area contributed by atoms with Crippen LogP contribution >= 0.6 is 0 Å². The summed E-state index contributed by atoms with van der Waals surface area (Å²) in [6.07, 6.45) is 4.90. The summed E-state index contributed by atoms with van der Waals surface area (Å²) in [5.41, 5.74) is 2.16. The molecule has 4 rings (SSSR count). The van der Waals surface area contributed by atoms with Gasteiger partial charge in [0.25, 0.3) is 5.91 Å². The number of hydrogen-bond acceptors (Lipinski definition) is 4. The van der Waals surface area contributed by atoms with Gasteiger partial charge in [-0.2, -0.15) is 0 Å². The Balaban J connectivity index is 1.65. The fourth-order valence-electron chi connectivity index (χ4n) is 5.08. The number of carbonyl (C=O) groups excluding carboxylic acids is 2. The monoisotopic (exact) mass is 422 g/mol. The number of nitrogens with one attached hydrogen (secondary N) is 1. The number of likely N-dealkylation sites (tertiary alicyclic amines) is 1. The highest BCUT2D eigenvalue weighted by molar-refractivity contribution is 6.03. The molecule has 3 atom stereocenters. The number of aryl methyl sites for hydroxylation is 1. The summed E-state index contributed by atoms with van der Waals surface area (Å²) in [5, 5.41) is 3.03. The molecular weight excluding hydrogens is 392 g/mol. The van der Waals surface area contributed by atoms with E-state index in [4.69, 9.17) is 9.47 Å². The predicted molar refractivity (Wildman–Crippen MR) is 120 cm³/mol. The third-order valence-corrected chi connectivity index (χ3v) is 6.58. The normalized spacial score (nSPS) is 22.5. The van der Waals surface area contributed by atoms with Crippen LogP contribution in [-0.4, -0.2) is 43.0 Å². The van der Waals surface area contributed by atoms with Gasteiger partial charge in [-0.3, -0.25) is 9.59 Å². The average Bonchev–Trinajstić information content (AvgIpc) is 3.18. The largest absolute Gasteiger partial charge is 0.496 e. The second-order valence-corrected chi connectivity index (χ2v) is 8.47. The fraction of sp³-hybridized carbons (Fsp3) is 0.440. The first-order chi connectivity index (χ1) is 15.0. The van der Waals surface area contributed by atoms with Gasteiger partial charge in [-0.25, -0.2) is 0 Å². The first kappa shape index (κ1) is 21.2. The van der Waals surface area contributed by atoms with Gasteiger partial charge < -0.3 is 19.7 Å². The molecule has 3 unspecified atom stereocenters. The van der Waals surface area contributed by atoms with E-state index >= 15 is 0 Å². The number of carbonyl (C=O) groups is 2. The molecule has 2 aromatic rings. The number of hydrogen-bond donors (Lipinski definition) is 1. The van der Waals surface area contributed by atoms with Crippen LogP contribution in [0.1, 0.15) is 48.0 Å².